The highest BCUT2D eigenvalue weighted by molar-refractivity contribution is 7.99. The van der Waals surface area contributed by atoms with Gasteiger partial charge in [0.25, 0.3) is 0 Å². The molecule has 3 heterocycles. The lowest BCUT2D eigenvalue weighted by Gasteiger charge is -2.17. The summed E-state index contributed by atoms with van der Waals surface area (Å²) in [6.45, 7) is 0.811. The first-order valence-corrected chi connectivity index (χ1v) is 7.66. The first-order valence-electron chi connectivity index (χ1n) is 6.51. The Balaban J connectivity index is 1.88. The Morgan fingerprint density at radius 1 is 1.39 bits per heavy atom. The third kappa shape index (κ3) is 2.13. The Bertz CT molecular complexity index is 454. The molecule has 3 rings (SSSR count). The van der Waals surface area contributed by atoms with E-state index in [-0.39, 0.29) is 0 Å². The van der Waals surface area contributed by atoms with Crippen molar-refractivity contribution < 1.29 is 9.90 Å². The minimum Gasteiger partial charge on any atom is -0.481 e. The van der Waals surface area contributed by atoms with Gasteiger partial charge in [0, 0.05) is 18.2 Å². The number of carboxylic acids is 1. The molecule has 98 valence electrons. The standard InChI is InChI=1S/C12H17N3O2S/c16-12(17)9-4-1-5-15-11(9)13-10(14-15)8-3-2-6-18-7-8/h8-9H,1-7H2,(H,16,17). The van der Waals surface area contributed by atoms with Crippen molar-refractivity contribution in [2.75, 3.05) is 11.5 Å². The van der Waals surface area contributed by atoms with Gasteiger partial charge in [-0.15, -0.1) is 0 Å². The van der Waals surface area contributed by atoms with Gasteiger partial charge in [-0.1, -0.05) is 0 Å². The average Bonchev–Trinajstić information content (AvgIpc) is 2.83. The van der Waals surface area contributed by atoms with Crippen molar-refractivity contribution >= 4 is 17.7 Å². The molecule has 0 aromatic carbocycles. The number of carbonyl (C=O) groups is 1. The fourth-order valence-electron chi connectivity index (χ4n) is 2.72. The van der Waals surface area contributed by atoms with Crippen LogP contribution in [0, 0.1) is 0 Å². The SMILES string of the molecule is O=C(O)C1CCCn2nc(C3CCCSC3)nc21. The highest BCUT2D eigenvalue weighted by Crippen LogP contribution is 2.32. The van der Waals surface area contributed by atoms with E-state index in [9.17, 15) is 9.90 Å². The molecule has 2 aliphatic heterocycles. The van der Waals surface area contributed by atoms with Crippen LogP contribution in [-0.2, 0) is 11.3 Å². The van der Waals surface area contributed by atoms with Gasteiger partial charge >= 0.3 is 5.97 Å². The number of rotatable bonds is 2. The topological polar surface area (TPSA) is 68.0 Å². The van der Waals surface area contributed by atoms with Crippen LogP contribution in [0.2, 0.25) is 0 Å². The lowest BCUT2D eigenvalue weighted by atomic mass is 9.99. The zero-order chi connectivity index (χ0) is 12.5. The van der Waals surface area contributed by atoms with Crippen LogP contribution < -0.4 is 0 Å². The smallest absolute Gasteiger partial charge is 0.314 e. The minimum atomic E-state index is -0.770. The predicted molar refractivity (Wildman–Crippen MR) is 68.9 cm³/mol. The second-order valence-electron chi connectivity index (χ2n) is 5.00. The van der Waals surface area contributed by atoms with Gasteiger partial charge in [0.1, 0.15) is 11.7 Å². The van der Waals surface area contributed by atoms with Crippen LogP contribution in [0.1, 0.15) is 49.2 Å². The minimum absolute atomic E-state index is 0.413. The number of carboxylic acid groups (broad SMARTS) is 1. The number of aryl methyl sites for hydroxylation is 1. The maximum absolute atomic E-state index is 11.2. The lowest BCUT2D eigenvalue weighted by molar-refractivity contribution is -0.139. The van der Waals surface area contributed by atoms with Gasteiger partial charge in [-0.2, -0.15) is 16.9 Å². The van der Waals surface area contributed by atoms with E-state index in [1.165, 1.54) is 12.2 Å². The zero-order valence-corrected chi connectivity index (χ0v) is 11.0. The molecule has 1 N–H and O–H groups in total. The summed E-state index contributed by atoms with van der Waals surface area (Å²) in [5.41, 5.74) is 0. The van der Waals surface area contributed by atoms with Crippen LogP contribution in [0.3, 0.4) is 0 Å². The van der Waals surface area contributed by atoms with E-state index < -0.39 is 11.9 Å². The lowest BCUT2D eigenvalue weighted by Crippen LogP contribution is -2.22. The summed E-state index contributed by atoms with van der Waals surface area (Å²) in [6, 6.07) is 0. The maximum Gasteiger partial charge on any atom is 0.314 e. The Kier molecular flexibility index (Phi) is 3.28. The summed E-state index contributed by atoms with van der Waals surface area (Å²) in [5.74, 6) is 3.01. The van der Waals surface area contributed by atoms with Crippen LogP contribution in [0.25, 0.3) is 0 Å². The molecule has 0 bridgehead atoms. The van der Waals surface area contributed by atoms with E-state index in [2.05, 4.69) is 10.1 Å². The molecule has 2 atom stereocenters. The fraction of sp³-hybridized carbons (Fsp3) is 0.750. The first kappa shape index (κ1) is 12.0. The second kappa shape index (κ2) is 4.91. The third-order valence-electron chi connectivity index (χ3n) is 3.71. The van der Waals surface area contributed by atoms with Crippen molar-refractivity contribution in [3.05, 3.63) is 11.6 Å². The van der Waals surface area contributed by atoms with Crippen molar-refractivity contribution in [2.45, 2.75) is 44.1 Å². The monoisotopic (exact) mass is 267 g/mol. The summed E-state index contributed by atoms with van der Waals surface area (Å²) >= 11 is 1.95. The van der Waals surface area contributed by atoms with Crippen molar-refractivity contribution in [1.82, 2.24) is 14.8 Å². The van der Waals surface area contributed by atoms with Crippen molar-refractivity contribution in [3.63, 3.8) is 0 Å². The quantitative estimate of drug-likeness (QED) is 0.885. The number of fused-ring (bicyclic) bond motifs is 1. The van der Waals surface area contributed by atoms with E-state index in [0.29, 0.717) is 18.2 Å². The average molecular weight is 267 g/mol. The van der Waals surface area contributed by atoms with Gasteiger partial charge in [-0.25, -0.2) is 9.67 Å². The maximum atomic E-state index is 11.2. The summed E-state index contributed by atoms with van der Waals surface area (Å²) in [4.78, 5) is 15.8. The van der Waals surface area contributed by atoms with Crippen molar-refractivity contribution in [1.29, 1.82) is 0 Å². The van der Waals surface area contributed by atoms with Crippen LogP contribution in [0.15, 0.2) is 0 Å². The van der Waals surface area contributed by atoms with Gasteiger partial charge in [0.15, 0.2) is 5.82 Å². The van der Waals surface area contributed by atoms with E-state index in [1.54, 1.807) is 0 Å². The first-order chi connectivity index (χ1) is 8.75. The van der Waals surface area contributed by atoms with Crippen LogP contribution in [-0.4, -0.2) is 37.3 Å². The van der Waals surface area contributed by atoms with Gasteiger partial charge in [0.05, 0.1) is 0 Å². The Hall–Kier alpha value is -1.04. The summed E-state index contributed by atoms with van der Waals surface area (Å²) in [6.07, 6.45) is 3.91. The number of hydrogen-bond acceptors (Lipinski definition) is 4. The molecule has 5 nitrogen and oxygen atoms in total. The number of nitrogens with zero attached hydrogens (tertiary/aromatic N) is 3. The number of aromatic nitrogens is 3. The molecule has 2 aliphatic rings. The van der Waals surface area contributed by atoms with E-state index in [1.807, 2.05) is 16.4 Å². The predicted octanol–water partition coefficient (Wildman–Crippen LogP) is 1.85. The molecule has 0 saturated carbocycles. The molecule has 1 fully saturated rings. The highest BCUT2D eigenvalue weighted by atomic mass is 32.2. The van der Waals surface area contributed by atoms with Gasteiger partial charge in [-0.3, -0.25) is 4.79 Å². The summed E-state index contributed by atoms with van der Waals surface area (Å²) in [7, 11) is 0. The number of thioether (sulfide) groups is 1. The number of hydrogen-bond donors (Lipinski definition) is 1. The van der Waals surface area contributed by atoms with E-state index >= 15 is 0 Å². The normalized spacial score (nSPS) is 27.8. The molecule has 1 aromatic rings. The third-order valence-corrected chi connectivity index (χ3v) is 4.93. The Labute approximate surface area is 110 Å². The van der Waals surface area contributed by atoms with Gasteiger partial charge in [-0.05, 0) is 31.4 Å². The van der Waals surface area contributed by atoms with E-state index in [4.69, 9.17) is 0 Å². The zero-order valence-electron chi connectivity index (χ0n) is 10.2. The molecule has 1 saturated heterocycles. The summed E-state index contributed by atoms with van der Waals surface area (Å²) in [5, 5.41) is 13.8. The van der Waals surface area contributed by atoms with Crippen LogP contribution in [0.4, 0.5) is 0 Å². The molecule has 18 heavy (non-hydrogen) atoms. The highest BCUT2D eigenvalue weighted by Gasteiger charge is 2.31. The molecule has 0 amide bonds. The fourth-order valence-corrected chi connectivity index (χ4v) is 3.86. The molecule has 0 radical (unpaired) electrons. The molecule has 2 unspecified atom stereocenters. The van der Waals surface area contributed by atoms with Crippen molar-refractivity contribution in [3.8, 4) is 0 Å². The molecule has 1 aromatic heterocycles. The van der Waals surface area contributed by atoms with Crippen LogP contribution >= 0.6 is 11.8 Å². The largest absolute Gasteiger partial charge is 0.481 e. The number of aliphatic carboxylic acids is 1. The van der Waals surface area contributed by atoms with Gasteiger partial charge in [0.2, 0.25) is 0 Å². The van der Waals surface area contributed by atoms with Gasteiger partial charge < -0.3 is 5.11 Å². The van der Waals surface area contributed by atoms with Crippen molar-refractivity contribution in [2.24, 2.45) is 0 Å². The molecular weight excluding hydrogens is 250 g/mol. The Morgan fingerprint density at radius 3 is 3.00 bits per heavy atom. The van der Waals surface area contributed by atoms with E-state index in [0.717, 1.165) is 31.0 Å². The Morgan fingerprint density at radius 2 is 2.28 bits per heavy atom. The van der Waals surface area contributed by atoms with Crippen LogP contribution in [0.5, 0.6) is 0 Å². The second-order valence-corrected chi connectivity index (χ2v) is 6.15. The summed E-state index contributed by atoms with van der Waals surface area (Å²) < 4.78 is 1.82. The molecule has 0 aliphatic carbocycles. The molecular formula is C12H17N3O2S. The molecule has 6 heteroatoms. The molecule has 0 spiro atoms.